The van der Waals surface area contributed by atoms with Crippen molar-refractivity contribution in [3.63, 3.8) is 0 Å². The number of aliphatic hydroxyl groups excluding tert-OH is 3. The molecule has 2 aromatic heterocycles. The summed E-state index contributed by atoms with van der Waals surface area (Å²) in [5, 5.41) is 39.2. The Kier molecular flexibility index (Phi) is 3.33. The van der Waals surface area contributed by atoms with Crippen LogP contribution in [0.3, 0.4) is 0 Å². The molecule has 0 aromatic carbocycles. The summed E-state index contributed by atoms with van der Waals surface area (Å²) in [6.45, 7) is 0. The fraction of sp³-hybridized carbons (Fsp3) is 0.417. The average Bonchev–Trinajstić information content (AvgIpc) is 2.88. The van der Waals surface area contributed by atoms with Crippen molar-refractivity contribution in [2.24, 2.45) is 0 Å². The summed E-state index contributed by atoms with van der Waals surface area (Å²) in [5.74, 6) is 0.157. The van der Waals surface area contributed by atoms with Crippen molar-refractivity contribution in [3.8, 4) is 6.07 Å². The van der Waals surface area contributed by atoms with E-state index in [1.807, 2.05) is 6.07 Å². The summed E-state index contributed by atoms with van der Waals surface area (Å²) in [5.41, 5.74) is 6.43. The van der Waals surface area contributed by atoms with Crippen LogP contribution in [0.2, 0.25) is 0 Å². The molecule has 110 valence electrons. The fourth-order valence-electron chi connectivity index (χ4n) is 2.77. The Morgan fingerprint density at radius 1 is 1.33 bits per heavy atom. The zero-order valence-corrected chi connectivity index (χ0v) is 12.3. The average molecular weight is 354 g/mol. The quantitative estimate of drug-likeness (QED) is 0.550. The van der Waals surface area contributed by atoms with E-state index in [9.17, 15) is 20.6 Å². The number of nitrogens with zero attached hydrogens (tertiary/aromatic N) is 4. The van der Waals surface area contributed by atoms with Crippen molar-refractivity contribution in [2.45, 2.75) is 30.8 Å². The summed E-state index contributed by atoms with van der Waals surface area (Å²) in [6, 6.07) is 1.40. The van der Waals surface area contributed by atoms with Gasteiger partial charge in [-0.05, 0) is 22.4 Å². The van der Waals surface area contributed by atoms with Crippen molar-refractivity contribution in [1.82, 2.24) is 14.5 Å². The van der Waals surface area contributed by atoms with E-state index in [0.29, 0.717) is 15.6 Å². The summed E-state index contributed by atoms with van der Waals surface area (Å²) in [6.07, 6.45) is -2.06. The third kappa shape index (κ3) is 1.91. The molecule has 1 saturated carbocycles. The Morgan fingerprint density at radius 3 is 2.62 bits per heavy atom. The van der Waals surface area contributed by atoms with Gasteiger partial charge in [0.15, 0.2) is 0 Å². The lowest BCUT2D eigenvalue weighted by molar-refractivity contribution is -0.0245. The molecule has 0 bridgehead atoms. The summed E-state index contributed by atoms with van der Waals surface area (Å²) in [4.78, 5) is 7.98. The van der Waals surface area contributed by atoms with Gasteiger partial charge in [-0.1, -0.05) is 0 Å². The van der Waals surface area contributed by atoms with E-state index in [1.54, 1.807) is 4.57 Å². The molecule has 9 heteroatoms. The van der Waals surface area contributed by atoms with Crippen LogP contribution in [0.25, 0.3) is 11.0 Å². The molecule has 0 saturated heterocycles. The van der Waals surface area contributed by atoms with E-state index in [0.717, 1.165) is 0 Å². The van der Waals surface area contributed by atoms with Gasteiger partial charge in [0.25, 0.3) is 0 Å². The Hall–Kier alpha value is -1.73. The van der Waals surface area contributed by atoms with Gasteiger partial charge in [0.2, 0.25) is 0 Å². The maximum absolute atomic E-state index is 10.1. The van der Waals surface area contributed by atoms with Crippen molar-refractivity contribution in [3.05, 3.63) is 16.5 Å². The highest BCUT2D eigenvalue weighted by Crippen LogP contribution is 2.40. The Labute approximate surface area is 127 Å². The van der Waals surface area contributed by atoms with Crippen LogP contribution in [0.1, 0.15) is 18.0 Å². The van der Waals surface area contributed by atoms with Gasteiger partial charge in [0, 0.05) is 0 Å². The molecule has 1 fully saturated rings. The number of fused-ring (bicyclic) bond motifs is 1. The number of aliphatic hydroxyl groups is 3. The topological polar surface area (TPSA) is 141 Å². The molecule has 3 rings (SSSR count). The molecule has 5 N–H and O–H groups in total. The lowest BCUT2D eigenvalue weighted by atomic mass is 10.2. The minimum atomic E-state index is -1.25. The fourth-order valence-corrected chi connectivity index (χ4v) is 3.49. The highest BCUT2D eigenvalue weighted by atomic mass is 79.9. The van der Waals surface area contributed by atoms with E-state index in [4.69, 9.17) is 5.73 Å². The third-order valence-electron chi connectivity index (χ3n) is 3.82. The number of hydrogen-bond donors (Lipinski definition) is 4. The Morgan fingerprint density at radius 2 is 2.05 bits per heavy atom. The standard InChI is InChI=1S/C12H12BrN5O3/c13-10-4(2-14)7-11(15)16-3-17-12(7)18(10)5-1-6(19)9(21)8(5)20/h3,5-6,8-9,19-21H,1H2,(H2,15,16,17)/t5-,6+,8+,9-/m0/s1. The number of halogens is 1. The highest BCUT2D eigenvalue weighted by Gasteiger charge is 2.43. The Balaban J connectivity index is 2.28. The summed E-state index contributed by atoms with van der Waals surface area (Å²) in [7, 11) is 0. The molecule has 0 radical (unpaired) electrons. The zero-order valence-electron chi connectivity index (χ0n) is 10.7. The van der Waals surface area contributed by atoms with Gasteiger partial charge in [-0.15, -0.1) is 0 Å². The molecular weight excluding hydrogens is 342 g/mol. The van der Waals surface area contributed by atoms with Crippen LogP contribution in [0.5, 0.6) is 0 Å². The van der Waals surface area contributed by atoms with E-state index >= 15 is 0 Å². The Bertz CT molecular complexity index is 755. The molecule has 21 heavy (non-hydrogen) atoms. The van der Waals surface area contributed by atoms with Gasteiger partial charge in [0.05, 0.1) is 23.1 Å². The predicted molar refractivity (Wildman–Crippen MR) is 76.0 cm³/mol. The van der Waals surface area contributed by atoms with E-state index in [-0.39, 0.29) is 17.8 Å². The van der Waals surface area contributed by atoms with Crippen LogP contribution in [0, 0.1) is 11.3 Å². The number of nitriles is 1. The minimum absolute atomic E-state index is 0.138. The molecule has 2 heterocycles. The number of nitrogens with two attached hydrogens (primary N) is 1. The van der Waals surface area contributed by atoms with Gasteiger partial charge in [0.1, 0.15) is 40.7 Å². The number of anilines is 1. The van der Waals surface area contributed by atoms with Crippen molar-refractivity contribution >= 4 is 32.8 Å². The smallest absolute Gasteiger partial charge is 0.148 e. The van der Waals surface area contributed by atoms with E-state index in [1.165, 1.54) is 6.33 Å². The van der Waals surface area contributed by atoms with E-state index in [2.05, 4.69) is 25.9 Å². The lowest BCUT2D eigenvalue weighted by Gasteiger charge is -2.19. The predicted octanol–water partition coefficient (Wildman–Crippen LogP) is -0.325. The molecule has 0 unspecified atom stereocenters. The van der Waals surface area contributed by atoms with Gasteiger partial charge in [-0.3, -0.25) is 0 Å². The van der Waals surface area contributed by atoms with Crippen molar-refractivity contribution in [1.29, 1.82) is 5.26 Å². The van der Waals surface area contributed by atoms with Crippen LogP contribution in [0.15, 0.2) is 10.9 Å². The minimum Gasteiger partial charge on any atom is -0.390 e. The van der Waals surface area contributed by atoms with Gasteiger partial charge >= 0.3 is 0 Å². The molecule has 2 aromatic rings. The van der Waals surface area contributed by atoms with Crippen LogP contribution in [-0.2, 0) is 0 Å². The van der Waals surface area contributed by atoms with Crippen molar-refractivity contribution < 1.29 is 15.3 Å². The SMILES string of the molecule is N#Cc1c(Br)n([C@H]2C[C@@H](O)[C@H](O)[C@@H]2O)c2ncnc(N)c12. The molecule has 0 aliphatic heterocycles. The maximum atomic E-state index is 10.1. The number of nitrogen functional groups attached to an aromatic ring is 1. The van der Waals surface area contributed by atoms with E-state index < -0.39 is 24.4 Å². The number of rotatable bonds is 1. The maximum Gasteiger partial charge on any atom is 0.148 e. The molecular formula is C12H12BrN5O3. The first kappa shape index (κ1) is 14.2. The summed E-state index contributed by atoms with van der Waals surface area (Å²) < 4.78 is 1.95. The monoisotopic (exact) mass is 353 g/mol. The normalized spacial score (nSPS) is 28.9. The highest BCUT2D eigenvalue weighted by molar-refractivity contribution is 9.10. The largest absolute Gasteiger partial charge is 0.390 e. The molecule has 8 nitrogen and oxygen atoms in total. The first-order chi connectivity index (χ1) is 9.97. The lowest BCUT2D eigenvalue weighted by Crippen LogP contribution is -2.31. The van der Waals surface area contributed by atoms with Crippen LogP contribution in [0.4, 0.5) is 5.82 Å². The number of aromatic nitrogens is 3. The second-order valence-corrected chi connectivity index (χ2v) is 5.71. The van der Waals surface area contributed by atoms with Crippen LogP contribution in [-0.4, -0.2) is 48.2 Å². The molecule has 4 atom stereocenters. The zero-order chi connectivity index (χ0) is 15.3. The molecule has 0 amide bonds. The molecule has 0 spiro atoms. The second-order valence-electron chi connectivity index (χ2n) is 4.96. The molecule has 1 aliphatic carbocycles. The van der Waals surface area contributed by atoms with Crippen molar-refractivity contribution in [2.75, 3.05) is 5.73 Å². The van der Waals surface area contributed by atoms with Gasteiger partial charge in [-0.2, -0.15) is 5.26 Å². The second kappa shape index (κ2) is 4.92. The van der Waals surface area contributed by atoms with Gasteiger partial charge in [-0.25, -0.2) is 9.97 Å². The first-order valence-corrected chi connectivity index (χ1v) is 7.00. The summed E-state index contributed by atoms with van der Waals surface area (Å²) >= 11 is 3.31. The van der Waals surface area contributed by atoms with Crippen LogP contribution < -0.4 is 5.73 Å². The first-order valence-electron chi connectivity index (χ1n) is 6.21. The number of hydrogen-bond acceptors (Lipinski definition) is 7. The van der Waals surface area contributed by atoms with Gasteiger partial charge < -0.3 is 25.6 Å². The third-order valence-corrected chi connectivity index (χ3v) is 4.60. The van der Waals surface area contributed by atoms with Crippen LogP contribution >= 0.6 is 15.9 Å². The molecule has 1 aliphatic rings.